The molecule has 29 heavy (non-hydrogen) atoms. The molecule has 3 aliphatic rings. The maximum Gasteiger partial charge on any atom is 0.290 e. The first-order valence-electron chi connectivity index (χ1n) is 11.0. The summed E-state index contributed by atoms with van der Waals surface area (Å²) in [6.07, 6.45) is 8.05. The number of amides is 1. The molecule has 1 aliphatic carbocycles. The number of carbonyl (C=O) groups excluding carboxylic acids is 2. The maximum absolute atomic E-state index is 13.4. The zero-order chi connectivity index (χ0) is 20.4. The predicted octanol–water partition coefficient (Wildman–Crippen LogP) is 3.11. The average Bonchev–Trinajstić information content (AvgIpc) is 3.04. The number of Topliss-reactive ketones (excluding diaryl/α,β-unsaturated/α-hetero) is 1. The molecule has 2 aliphatic heterocycles. The second kappa shape index (κ2) is 8.66. The van der Waals surface area contributed by atoms with Gasteiger partial charge >= 0.3 is 0 Å². The number of rotatable bonds is 7. The lowest BCUT2D eigenvalue weighted by Gasteiger charge is -2.35. The van der Waals surface area contributed by atoms with Crippen LogP contribution in [0.4, 0.5) is 0 Å². The van der Waals surface area contributed by atoms with Crippen LogP contribution in [0, 0.1) is 5.92 Å². The monoisotopic (exact) mass is 397 g/mol. The Morgan fingerprint density at radius 1 is 1.21 bits per heavy atom. The van der Waals surface area contributed by atoms with Crippen LogP contribution >= 0.6 is 0 Å². The summed E-state index contributed by atoms with van der Waals surface area (Å²) in [5, 5.41) is 0. The van der Waals surface area contributed by atoms with E-state index in [1.54, 1.807) is 12.4 Å². The van der Waals surface area contributed by atoms with E-state index in [1.165, 1.54) is 0 Å². The highest BCUT2D eigenvalue weighted by Gasteiger charge is 2.51. The van der Waals surface area contributed by atoms with Gasteiger partial charge in [0.25, 0.3) is 5.91 Å². The van der Waals surface area contributed by atoms with E-state index in [9.17, 15) is 9.59 Å². The van der Waals surface area contributed by atoms with E-state index in [1.807, 2.05) is 17.0 Å². The van der Waals surface area contributed by atoms with Crippen LogP contribution in [0.3, 0.4) is 0 Å². The first-order chi connectivity index (χ1) is 14.2. The van der Waals surface area contributed by atoms with E-state index in [0.29, 0.717) is 17.9 Å². The number of ketones is 1. The Morgan fingerprint density at radius 2 is 2.00 bits per heavy atom. The summed E-state index contributed by atoms with van der Waals surface area (Å²) in [6, 6.07) is 3.45. The predicted molar refractivity (Wildman–Crippen MR) is 110 cm³/mol. The fraction of sp³-hybridized carbons (Fsp3) is 0.609. The molecule has 1 fully saturated rings. The Labute approximate surface area is 172 Å². The quantitative estimate of drug-likeness (QED) is 0.707. The van der Waals surface area contributed by atoms with Gasteiger partial charge in [-0.15, -0.1) is 0 Å². The molecule has 4 rings (SSSR count). The Kier molecular flexibility index (Phi) is 5.99. The van der Waals surface area contributed by atoms with Crippen LogP contribution in [0.15, 0.2) is 35.9 Å². The standard InChI is InChI=1S/C23H31N3O3/c1-3-25(4-2)13-8-14-26-20(16-9-7-12-24-15-16)19-21(27)17-10-5-6-11-18(17)29-22(19)23(26)28/h7,9,12,15,17-18,20H,3-6,8,10-11,13-14H2,1-2H3. The van der Waals surface area contributed by atoms with E-state index in [0.717, 1.165) is 57.3 Å². The lowest BCUT2D eigenvalue weighted by molar-refractivity contribution is -0.135. The highest BCUT2D eigenvalue weighted by molar-refractivity contribution is 6.11. The van der Waals surface area contributed by atoms with Crippen molar-refractivity contribution in [2.75, 3.05) is 26.2 Å². The molecule has 1 saturated carbocycles. The molecular weight excluding hydrogens is 366 g/mol. The van der Waals surface area contributed by atoms with Crippen molar-refractivity contribution in [3.8, 4) is 0 Å². The minimum Gasteiger partial charge on any atom is -0.483 e. The number of nitrogens with zero attached hydrogens (tertiary/aromatic N) is 3. The van der Waals surface area contributed by atoms with Crippen LogP contribution in [0.1, 0.15) is 57.6 Å². The number of aromatic nitrogens is 1. The van der Waals surface area contributed by atoms with Gasteiger partial charge < -0.3 is 14.5 Å². The van der Waals surface area contributed by atoms with Gasteiger partial charge in [-0.3, -0.25) is 14.6 Å². The minimum atomic E-state index is -0.377. The fourth-order valence-corrected chi connectivity index (χ4v) is 5.01. The third kappa shape index (κ3) is 3.70. The van der Waals surface area contributed by atoms with Gasteiger partial charge in [0.1, 0.15) is 6.10 Å². The Morgan fingerprint density at radius 3 is 2.72 bits per heavy atom. The molecule has 6 heteroatoms. The SMILES string of the molecule is CCN(CC)CCCN1C(=O)C2=C(C(=O)C3CCCCC3O2)C1c1cccnc1. The van der Waals surface area contributed by atoms with E-state index >= 15 is 0 Å². The first-order valence-corrected chi connectivity index (χ1v) is 11.0. The summed E-state index contributed by atoms with van der Waals surface area (Å²) in [4.78, 5) is 35.2. The van der Waals surface area contributed by atoms with Gasteiger partial charge in [-0.25, -0.2) is 0 Å². The fourth-order valence-electron chi connectivity index (χ4n) is 5.01. The van der Waals surface area contributed by atoms with Crippen molar-refractivity contribution in [3.05, 3.63) is 41.4 Å². The normalized spacial score (nSPS) is 26.6. The molecule has 0 N–H and O–H groups in total. The van der Waals surface area contributed by atoms with Crippen LogP contribution in [0.25, 0.3) is 0 Å². The summed E-state index contributed by atoms with van der Waals surface area (Å²) < 4.78 is 6.19. The van der Waals surface area contributed by atoms with Crippen molar-refractivity contribution in [1.29, 1.82) is 0 Å². The molecule has 3 atom stereocenters. The molecule has 6 nitrogen and oxygen atoms in total. The number of carbonyl (C=O) groups is 2. The van der Waals surface area contributed by atoms with Crippen LogP contribution < -0.4 is 0 Å². The van der Waals surface area contributed by atoms with Crippen molar-refractivity contribution < 1.29 is 14.3 Å². The molecule has 0 aromatic carbocycles. The molecule has 156 valence electrons. The molecule has 1 aromatic heterocycles. The third-order valence-corrected chi connectivity index (χ3v) is 6.63. The van der Waals surface area contributed by atoms with E-state index in [2.05, 4.69) is 23.7 Å². The van der Waals surface area contributed by atoms with Gasteiger partial charge in [-0.1, -0.05) is 26.3 Å². The van der Waals surface area contributed by atoms with Crippen LogP contribution in [0.5, 0.6) is 0 Å². The Balaban J connectivity index is 1.63. The second-order valence-electron chi connectivity index (χ2n) is 8.22. The summed E-state index contributed by atoms with van der Waals surface area (Å²) in [5.41, 5.74) is 1.45. The Hall–Kier alpha value is -2.21. The van der Waals surface area contributed by atoms with Gasteiger partial charge in [0.15, 0.2) is 11.5 Å². The molecular formula is C23H31N3O3. The van der Waals surface area contributed by atoms with Crippen molar-refractivity contribution in [3.63, 3.8) is 0 Å². The molecule has 1 aromatic rings. The van der Waals surface area contributed by atoms with Gasteiger partial charge in [0.05, 0.1) is 17.5 Å². The minimum absolute atomic E-state index is 0.106. The van der Waals surface area contributed by atoms with Crippen molar-refractivity contribution in [1.82, 2.24) is 14.8 Å². The van der Waals surface area contributed by atoms with Gasteiger partial charge in [-0.05, 0) is 56.9 Å². The lowest BCUT2D eigenvalue weighted by atomic mass is 9.78. The highest BCUT2D eigenvalue weighted by atomic mass is 16.5. The average molecular weight is 398 g/mol. The molecule has 3 heterocycles. The number of hydrogen-bond donors (Lipinski definition) is 0. The van der Waals surface area contributed by atoms with Crippen LogP contribution in [0.2, 0.25) is 0 Å². The van der Waals surface area contributed by atoms with Crippen LogP contribution in [-0.4, -0.2) is 58.8 Å². The summed E-state index contributed by atoms with van der Waals surface area (Å²) in [5.74, 6) is 0.176. The zero-order valence-electron chi connectivity index (χ0n) is 17.5. The van der Waals surface area contributed by atoms with Gasteiger partial charge in [-0.2, -0.15) is 0 Å². The summed E-state index contributed by atoms with van der Waals surface area (Å²) >= 11 is 0. The number of ether oxygens (including phenoxy) is 1. The van der Waals surface area contributed by atoms with Crippen molar-refractivity contribution >= 4 is 11.7 Å². The lowest BCUT2D eigenvalue weighted by Crippen LogP contribution is -2.39. The smallest absolute Gasteiger partial charge is 0.290 e. The number of pyridine rings is 1. The first kappa shape index (κ1) is 20.1. The second-order valence-corrected chi connectivity index (χ2v) is 8.22. The van der Waals surface area contributed by atoms with E-state index in [-0.39, 0.29) is 29.8 Å². The topological polar surface area (TPSA) is 62.7 Å². The third-order valence-electron chi connectivity index (χ3n) is 6.63. The number of fused-ring (bicyclic) bond motifs is 1. The van der Waals surface area contributed by atoms with E-state index in [4.69, 9.17) is 4.74 Å². The molecule has 3 unspecified atom stereocenters. The van der Waals surface area contributed by atoms with Crippen molar-refractivity contribution in [2.45, 2.75) is 58.1 Å². The molecule has 0 spiro atoms. The zero-order valence-corrected chi connectivity index (χ0v) is 17.5. The maximum atomic E-state index is 13.4. The molecule has 0 radical (unpaired) electrons. The van der Waals surface area contributed by atoms with Gasteiger partial charge in [0, 0.05) is 18.9 Å². The summed E-state index contributed by atoms with van der Waals surface area (Å²) in [7, 11) is 0. The van der Waals surface area contributed by atoms with Gasteiger partial charge in [0.2, 0.25) is 0 Å². The molecule has 1 amide bonds. The van der Waals surface area contributed by atoms with Crippen LogP contribution in [-0.2, 0) is 14.3 Å². The molecule has 0 saturated heterocycles. The molecule has 0 bridgehead atoms. The van der Waals surface area contributed by atoms with E-state index < -0.39 is 0 Å². The summed E-state index contributed by atoms with van der Waals surface area (Å²) in [6.45, 7) is 7.83. The highest BCUT2D eigenvalue weighted by Crippen LogP contribution is 2.46. The largest absolute Gasteiger partial charge is 0.483 e. The Bertz CT molecular complexity index is 788. The number of hydrogen-bond acceptors (Lipinski definition) is 5. The van der Waals surface area contributed by atoms with Crippen molar-refractivity contribution in [2.24, 2.45) is 5.92 Å².